The molecule has 2 N–H and O–H groups in total. The number of thiophene rings is 1. The Bertz CT molecular complexity index is 1020. The lowest BCUT2D eigenvalue weighted by molar-refractivity contribution is 0.0833. The van der Waals surface area contributed by atoms with Gasteiger partial charge < -0.3 is 15.5 Å². The minimum Gasteiger partial charge on any atom is -0.397 e. The van der Waals surface area contributed by atoms with Crippen LogP contribution in [0.4, 0.5) is 11.5 Å². The number of pyridine rings is 1. The predicted molar refractivity (Wildman–Crippen MR) is 113 cm³/mol. The molecule has 1 saturated heterocycles. The molecule has 0 saturated carbocycles. The number of rotatable bonds is 3. The molecule has 1 unspecified atom stereocenters. The molecule has 1 fully saturated rings. The highest BCUT2D eigenvalue weighted by molar-refractivity contribution is 7.21. The van der Waals surface area contributed by atoms with Gasteiger partial charge in [0.05, 0.1) is 5.69 Å². The Morgan fingerprint density at radius 1 is 1.32 bits per heavy atom. The van der Waals surface area contributed by atoms with Gasteiger partial charge in [-0.3, -0.25) is 4.79 Å². The zero-order valence-electron chi connectivity index (χ0n) is 16.3. The van der Waals surface area contributed by atoms with Crippen LogP contribution < -0.4 is 10.6 Å². The molecule has 1 aliphatic rings. The molecular formula is C20H24N6OS. The van der Waals surface area contributed by atoms with Crippen LogP contribution >= 0.6 is 11.3 Å². The molecule has 0 aliphatic carbocycles. The number of aromatic nitrogens is 3. The normalized spacial score (nSPS) is 19.8. The zero-order chi connectivity index (χ0) is 19.9. The molecule has 0 aromatic carbocycles. The van der Waals surface area contributed by atoms with Gasteiger partial charge in [-0.15, -0.1) is 11.3 Å². The first-order chi connectivity index (χ1) is 13.4. The predicted octanol–water partition coefficient (Wildman–Crippen LogP) is 2.93. The van der Waals surface area contributed by atoms with Crippen molar-refractivity contribution in [3.63, 3.8) is 0 Å². The first-order valence-electron chi connectivity index (χ1n) is 9.31. The third-order valence-electron chi connectivity index (χ3n) is 5.40. The molecule has 3 aromatic heterocycles. The maximum atomic E-state index is 12.4. The zero-order valence-corrected chi connectivity index (χ0v) is 17.2. The molecular weight excluding hydrogens is 372 g/mol. The Hall–Kier alpha value is -2.74. The van der Waals surface area contributed by atoms with Crippen LogP contribution in [0, 0.1) is 0 Å². The summed E-state index contributed by atoms with van der Waals surface area (Å²) < 4.78 is 0. The third-order valence-corrected chi connectivity index (χ3v) is 6.50. The summed E-state index contributed by atoms with van der Waals surface area (Å²) in [4.78, 5) is 31.0. The van der Waals surface area contributed by atoms with E-state index >= 15 is 0 Å². The topological polar surface area (TPSA) is 88.2 Å². The van der Waals surface area contributed by atoms with E-state index in [1.165, 1.54) is 11.3 Å². The molecule has 7 nitrogen and oxygen atoms in total. The lowest BCUT2D eigenvalue weighted by atomic mass is 9.78. The number of fused-ring (bicyclic) bond motifs is 1. The van der Waals surface area contributed by atoms with Crippen LogP contribution in [-0.4, -0.2) is 52.9 Å². The maximum Gasteiger partial charge on any atom is 0.265 e. The van der Waals surface area contributed by atoms with Gasteiger partial charge in [-0.2, -0.15) is 0 Å². The summed E-state index contributed by atoms with van der Waals surface area (Å²) in [6.07, 6.45) is 5.48. The number of hydrogen-bond acceptors (Lipinski definition) is 7. The van der Waals surface area contributed by atoms with E-state index in [1.807, 2.05) is 12.1 Å². The molecule has 0 bridgehead atoms. The minimum absolute atomic E-state index is 0.0825. The average Bonchev–Trinajstić information content (AvgIpc) is 3.04. The Morgan fingerprint density at radius 2 is 2.14 bits per heavy atom. The summed E-state index contributed by atoms with van der Waals surface area (Å²) in [6, 6.07) is 6.01. The van der Waals surface area contributed by atoms with Crippen LogP contribution in [0.3, 0.4) is 0 Å². The van der Waals surface area contributed by atoms with Gasteiger partial charge in [0.1, 0.15) is 21.9 Å². The molecule has 1 aliphatic heterocycles. The molecule has 0 radical (unpaired) electrons. The van der Waals surface area contributed by atoms with Crippen molar-refractivity contribution in [2.45, 2.75) is 25.2 Å². The largest absolute Gasteiger partial charge is 0.397 e. The van der Waals surface area contributed by atoms with Crippen LogP contribution in [0.1, 0.15) is 35.1 Å². The molecule has 4 heterocycles. The lowest BCUT2D eigenvalue weighted by Gasteiger charge is -2.40. The SMILES string of the molecule is CN(C)C(=O)c1sc2nc(C3(C)CCCN(c4ccncn4)C3)ccc2c1N. The number of carbonyl (C=O) groups excluding carboxylic acids is 1. The first kappa shape index (κ1) is 18.6. The maximum absolute atomic E-state index is 12.4. The van der Waals surface area contributed by atoms with Crippen molar-refractivity contribution in [2.75, 3.05) is 37.8 Å². The van der Waals surface area contributed by atoms with E-state index < -0.39 is 0 Å². The second kappa shape index (κ2) is 7.01. The monoisotopic (exact) mass is 396 g/mol. The van der Waals surface area contributed by atoms with Gasteiger partial charge in [-0.25, -0.2) is 15.0 Å². The Kier molecular flexibility index (Phi) is 4.66. The van der Waals surface area contributed by atoms with Gasteiger partial charge in [-0.1, -0.05) is 6.92 Å². The van der Waals surface area contributed by atoms with Crippen molar-refractivity contribution in [3.8, 4) is 0 Å². The summed E-state index contributed by atoms with van der Waals surface area (Å²) in [5.41, 5.74) is 7.70. The molecule has 28 heavy (non-hydrogen) atoms. The summed E-state index contributed by atoms with van der Waals surface area (Å²) in [6.45, 7) is 4.06. The average molecular weight is 397 g/mol. The third kappa shape index (κ3) is 3.17. The summed E-state index contributed by atoms with van der Waals surface area (Å²) >= 11 is 1.37. The Labute approximate surface area is 168 Å². The van der Waals surface area contributed by atoms with Crippen LogP contribution in [0.5, 0.6) is 0 Å². The van der Waals surface area contributed by atoms with Crippen molar-refractivity contribution in [1.29, 1.82) is 0 Å². The van der Waals surface area contributed by atoms with E-state index in [0.717, 1.165) is 47.7 Å². The van der Waals surface area contributed by atoms with E-state index in [-0.39, 0.29) is 11.3 Å². The number of nitrogen functional groups attached to an aromatic ring is 1. The molecule has 8 heteroatoms. The minimum atomic E-state index is -0.0954. The number of anilines is 2. The molecule has 0 spiro atoms. The quantitative estimate of drug-likeness (QED) is 0.732. The van der Waals surface area contributed by atoms with E-state index in [4.69, 9.17) is 10.7 Å². The van der Waals surface area contributed by atoms with Crippen molar-refractivity contribution in [1.82, 2.24) is 19.9 Å². The van der Waals surface area contributed by atoms with Gasteiger partial charge in [0.2, 0.25) is 0 Å². The first-order valence-corrected chi connectivity index (χ1v) is 10.1. The van der Waals surface area contributed by atoms with E-state index in [1.54, 1.807) is 31.5 Å². The van der Waals surface area contributed by atoms with Crippen LogP contribution in [-0.2, 0) is 5.41 Å². The highest BCUT2D eigenvalue weighted by atomic mass is 32.1. The number of amides is 1. The fraction of sp³-hybridized carbons (Fsp3) is 0.400. The van der Waals surface area contributed by atoms with Gasteiger partial charge in [0, 0.05) is 49.9 Å². The van der Waals surface area contributed by atoms with Crippen LogP contribution in [0.25, 0.3) is 10.2 Å². The fourth-order valence-electron chi connectivity index (χ4n) is 3.81. The van der Waals surface area contributed by atoms with Gasteiger partial charge in [0.25, 0.3) is 5.91 Å². The number of nitrogens with zero attached hydrogens (tertiary/aromatic N) is 5. The summed E-state index contributed by atoms with van der Waals surface area (Å²) in [5.74, 6) is 0.863. The fourth-order valence-corrected chi connectivity index (χ4v) is 4.93. The standard InChI is InChI=1S/C20H24N6OS/c1-20(8-4-10-26(11-20)15-7-9-22-12-23-15)14-6-5-13-16(21)17(19(27)25(2)3)28-18(13)24-14/h5-7,9,12H,4,8,10-11,21H2,1-3H3. The number of hydrogen-bond donors (Lipinski definition) is 1. The molecule has 3 aromatic rings. The number of piperidine rings is 1. The second-order valence-electron chi connectivity index (χ2n) is 7.75. The van der Waals surface area contributed by atoms with Crippen molar-refractivity contribution in [2.24, 2.45) is 0 Å². The lowest BCUT2D eigenvalue weighted by Crippen LogP contribution is -2.45. The van der Waals surface area contributed by atoms with E-state index in [2.05, 4.69) is 27.9 Å². The second-order valence-corrected chi connectivity index (χ2v) is 8.75. The smallest absolute Gasteiger partial charge is 0.265 e. The van der Waals surface area contributed by atoms with E-state index in [9.17, 15) is 4.79 Å². The molecule has 1 amide bonds. The Morgan fingerprint density at radius 3 is 2.86 bits per heavy atom. The Balaban J connectivity index is 1.69. The highest BCUT2D eigenvalue weighted by Gasteiger charge is 2.35. The highest BCUT2D eigenvalue weighted by Crippen LogP contribution is 2.38. The van der Waals surface area contributed by atoms with Crippen molar-refractivity contribution >= 4 is 39.0 Å². The summed E-state index contributed by atoms with van der Waals surface area (Å²) in [7, 11) is 3.46. The van der Waals surface area contributed by atoms with Crippen LogP contribution in [0.15, 0.2) is 30.7 Å². The molecule has 1 atom stereocenters. The van der Waals surface area contributed by atoms with Gasteiger partial charge in [0.15, 0.2) is 0 Å². The molecule has 146 valence electrons. The van der Waals surface area contributed by atoms with Crippen LogP contribution in [0.2, 0.25) is 0 Å². The van der Waals surface area contributed by atoms with Crippen molar-refractivity contribution < 1.29 is 4.79 Å². The van der Waals surface area contributed by atoms with Gasteiger partial charge >= 0.3 is 0 Å². The van der Waals surface area contributed by atoms with E-state index in [0.29, 0.717) is 10.6 Å². The van der Waals surface area contributed by atoms with Crippen molar-refractivity contribution in [3.05, 3.63) is 41.3 Å². The number of nitrogens with two attached hydrogens (primary N) is 1. The summed E-state index contributed by atoms with van der Waals surface area (Å²) in [5, 5.41) is 0.853. The van der Waals surface area contributed by atoms with Gasteiger partial charge in [-0.05, 0) is 31.0 Å². The number of carbonyl (C=O) groups is 1. The molecule has 4 rings (SSSR count).